The highest BCUT2D eigenvalue weighted by Crippen LogP contribution is 2.18. The van der Waals surface area contributed by atoms with Crippen molar-refractivity contribution in [2.75, 3.05) is 13.2 Å². The predicted octanol–water partition coefficient (Wildman–Crippen LogP) is 2.24. The molecule has 0 saturated heterocycles. The van der Waals surface area contributed by atoms with E-state index >= 15 is 0 Å². The van der Waals surface area contributed by atoms with Crippen LogP contribution in [0.25, 0.3) is 10.8 Å². The largest absolute Gasteiger partial charge is 0.466 e. The van der Waals surface area contributed by atoms with E-state index < -0.39 is 6.10 Å². The summed E-state index contributed by atoms with van der Waals surface area (Å²) < 4.78 is 4.81. The van der Waals surface area contributed by atoms with Gasteiger partial charge in [-0.25, -0.2) is 0 Å². The number of aliphatic hydroxyl groups excluding tert-OH is 1. The molecule has 112 valence electrons. The lowest BCUT2D eigenvalue weighted by atomic mass is 10.0. The number of carbonyl (C=O) groups is 1. The van der Waals surface area contributed by atoms with Gasteiger partial charge in [-0.2, -0.15) is 0 Å². The van der Waals surface area contributed by atoms with Crippen molar-refractivity contribution in [3.05, 3.63) is 48.0 Å². The lowest BCUT2D eigenvalue weighted by molar-refractivity contribution is -0.145. The Morgan fingerprint density at radius 1 is 1.24 bits per heavy atom. The Morgan fingerprint density at radius 3 is 2.81 bits per heavy atom. The van der Waals surface area contributed by atoms with E-state index in [-0.39, 0.29) is 12.4 Å². The number of carbonyl (C=O) groups excluding carboxylic acids is 1. The molecule has 1 atom stereocenters. The first-order valence-electron chi connectivity index (χ1n) is 7.21. The molecule has 0 aliphatic carbocycles. The van der Waals surface area contributed by atoms with Gasteiger partial charge < -0.3 is 15.2 Å². The zero-order valence-electron chi connectivity index (χ0n) is 12.2. The van der Waals surface area contributed by atoms with Gasteiger partial charge in [0.25, 0.3) is 0 Å². The molecule has 0 radical (unpaired) electrons. The maximum atomic E-state index is 11.3. The molecule has 0 aliphatic rings. The smallest absolute Gasteiger partial charge is 0.308 e. The van der Waals surface area contributed by atoms with E-state index in [1.807, 2.05) is 18.2 Å². The second-order valence-corrected chi connectivity index (χ2v) is 4.93. The van der Waals surface area contributed by atoms with Crippen LogP contribution in [0, 0.1) is 0 Å². The Morgan fingerprint density at radius 2 is 2.00 bits per heavy atom. The Hall–Kier alpha value is -1.91. The van der Waals surface area contributed by atoms with E-state index in [2.05, 4.69) is 29.6 Å². The van der Waals surface area contributed by atoms with Crippen LogP contribution in [0.15, 0.2) is 42.5 Å². The van der Waals surface area contributed by atoms with Crippen LogP contribution in [-0.2, 0) is 16.1 Å². The first-order valence-corrected chi connectivity index (χ1v) is 7.21. The molecule has 0 saturated carbocycles. The summed E-state index contributed by atoms with van der Waals surface area (Å²) in [4.78, 5) is 11.3. The molecule has 0 fully saturated rings. The minimum Gasteiger partial charge on any atom is -0.466 e. The summed E-state index contributed by atoms with van der Waals surface area (Å²) in [5.41, 5.74) is 1.18. The zero-order chi connectivity index (χ0) is 15.1. The number of aliphatic hydroxyl groups is 1. The van der Waals surface area contributed by atoms with Crippen molar-refractivity contribution in [3.63, 3.8) is 0 Å². The summed E-state index contributed by atoms with van der Waals surface area (Å²) in [5.74, 6) is -0.364. The first-order chi connectivity index (χ1) is 10.2. The molecule has 0 bridgehead atoms. The molecule has 2 aromatic carbocycles. The van der Waals surface area contributed by atoms with Crippen molar-refractivity contribution < 1.29 is 14.6 Å². The zero-order valence-corrected chi connectivity index (χ0v) is 12.2. The van der Waals surface area contributed by atoms with Crippen molar-refractivity contribution in [1.82, 2.24) is 5.32 Å². The molecule has 4 nitrogen and oxygen atoms in total. The van der Waals surface area contributed by atoms with Gasteiger partial charge in [0.2, 0.25) is 0 Å². The van der Waals surface area contributed by atoms with Gasteiger partial charge in [0.15, 0.2) is 0 Å². The molecule has 2 aromatic rings. The summed E-state index contributed by atoms with van der Waals surface area (Å²) in [7, 11) is 0. The first kappa shape index (κ1) is 15.5. The average molecular weight is 287 g/mol. The van der Waals surface area contributed by atoms with Crippen LogP contribution >= 0.6 is 0 Å². The molecule has 4 heteroatoms. The van der Waals surface area contributed by atoms with Crippen LogP contribution in [-0.4, -0.2) is 30.3 Å². The number of ether oxygens (including phenoxy) is 1. The van der Waals surface area contributed by atoms with Crippen molar-refractivity contribution in [2.24, 2.45) is 0 Å². The molecular formula is C17H21NO3. The number of hydrogen-bond donors (Lipinski definition) is 2. The molecule has 21 heavy (non-hydrogen) atoms. The lowest BCUT2D eigenvalue weighted by Crippen LogP contribution is -2.29. The van der Waals surface area contributed by atoms with Gasteiger partial charge in [0, 0.05) is 13.1 Å². The second kappa shape index (κ2) is 7.76. The molecule has 2 N–H and O–H groups in total. The third-order valence-electron chi connectivity index (χ3n) is 3.28. The Kier molecular flexibility index (Phi) is 5.72. The standard InChI is InChI=1S/C17H21NO3/c1-2-21-17(20)10-15(19)12-18-11-14-8-5-7-13-6-3-4-9-16(13)14/h3-9,15,18-19H,2,10-12H2,1H3. The summed E-state index contributed by atoms with van der Waals surface area (Å²) in [5, 5.41) is 15.4. The maximum Gasteiger partial charge on any atom is 0.308 e. The summed E-state index contributed by atoms with van der Waals surface area (Å²) in [6, 6.07) is 14.4. The van der Waals surface area contributed by atoms with Crippen molar-refractivity contribution in [3.8, 4) is 0 Å². The Balaban J connectivity index is 1.86. The Labute approximate surface area is 124 Å². The van der Waals surface area contributed by atoms with Gasteiger partial charge in [0.05, 0.1) is 19.1 Å². The molecule has 0 heterocycles. The van der Waals surface area contributed by atoms with Gasteiger partial charge >= 0.3 is 5.97 Å². The van der Waals surface area contributed by atoms with Crippen molar-refractivity contribution >= 4 is 16.7 Å². The number of hydrogen-bond acceptors (Lipinski definition) is 4. The van der Waals surface area contributed by atoms with Crippen molar-refractivity contribution in [1.29, 1.82) is 0 Å². The van der Waals surface area contributed by atoms with E-state index in [9.17, 15) is 9.90 Å². The molecule has 0 aromatic heterocycles. The van der Waals surface area contributed by atoms with E-state index in [0.29, 0.717) is 19.7 Å². The van der Waals surface area contributed by atoms with Crippen LogP contribution in [0.3, 0.4) is 0 Å². The van der Waals surface area contributed by atoms with Gasteiger partial charge in [-0.1, -0.05) is 42.5 Å². The summed E-state index contributed by atoms with van der Waals surface area (Å²) >= 11 is 0. The van der Waals surface area contributed by atoms with Gasteiger partial charge in [0.1, 0.15) is 0 Å². The molecular weight excluding hydrogens is 266 g/mol. The fourth-order valence-electron chi connectivity index (χ4n) is 2.30. The fourth-order valence-corrected chi connectivity index (χ4v) is 2.30. The normalized spacial score (nSPS) is 12.3. The number of rotatable bonds is 7. The van der Waals surface area contributed by atoms with E-state index in [4.69, 9.17) is 4.74 Å². The SMILES string of the molecule is CCOC(=O)CC(O)CNCc1cccc2ccccc12. The monoisotopic (exact) mass is 287 g/mol. The second-order valence-electron chi connectivity index (χ2n) is 4.93. The Bertz CT molecular complexity index is 592. The molecule has 2 rings (SSSR count). The number of esters is 1. The highest BCUT2D eigenvalue weighted by molar-refractivity contribution is 5.85. The molecule has 0 spiro atoms. The minimum absolute atomic E-state index is 0.0242. The summed E-state index contributed by atoms with van der Waals surface area (Å²) in [6.45, 7) is 3.11. The summed E-state index contributed by atoms with van der Waals surface area (Å²) in [6.07, 6.45) is -0.699. The third kappa shape index (κ3) is 4.55. The highest BCUT2D eigenvalue weighted by Gasteiger charge is 2.11. The number of benzene rings is 2. The minimum atomic E-state index is -0.723. The van der Waals surface area contributed by atoms with Crippen LogP contribution in [0.4, 0.5) is 0 Å². The van der Waals surface area contributed by atoms with Crippen LogP contribution < -0.4 is 5.32 Å². The lowest BCUT2D eigenvalue weighted by Gasteiger charge is -2.12. The van der Waals surface area contributed by atoms with E-state index in [1.54, 1.807) is 6.92 Å². The van der Waals surface area contributed by atoms with Crippen LogP contribution in [0.1, 0.15) is 18.9 Å². The number of fused-ring (bicyclic) bond motifs is 1. The van der Waals surface area contributed by atoms with E-state index in [1.165, 1.54) is 16.3 Å². The maximum absolute atomic E-state index is 11.3. The van der Waals surface area contributed by atoms with Crippen molar-refractivity contribution in [2.45, 2.75) is 26.0 Å². The predicted molar refractivity (Wildman–Crippen MR) is 82.9 cm³/mol. The fraction of sp³-hybridized carbons (Fsp3) is 0.353. The van der Waals surface area contributed by atoms with Crippen LogP contribution in [0.5, 0.6) is 0 Å². The average Bonchev–Trinajstić information content (AvgIpc) is 2.47. The van der Waals surface area contributed by atoms with Gasteiger partial charge in [-0.05, 0) is 23.3 Å². The number of nitrogens with one attached hydrogen (secondary N) is 1. The van der Waals surface area contributed by atoms with Gasteiger partial charge in [-0.15, -0.1) is 0 Å². The molecule has 0 amide bonds. The highest BCUT2D eigenvalue weighted by atomic mass is 16.5. The van der Waals surface area contributed by atoms with Crippen LogP contribution in [0.2, 0.25) is 0 Å². The molecule has 0 aliphatic heterocycles. The van der Waals surface area contributed by atoms with Gasteiger partial charge in [-0.3, -0.25) is 4.79 Å². The quantitative estimate of drug-likeness (QED) is 0.767. The molecule has 1 unspecified atom stereocenters. The third-order valence-corrected chi connectivity index (χ3v) is 3.28. The topological polar surface area (TPSA) is 58.6 Å². The van der Waals surface area contributed by atoms with E-state index in [0.717, 1.165) is 0 Å².